The van der Waals surface area contributed by atoms with E-state index in [2.05, 4.69) is 15.4 Å². The number of phosphoric acid groups is 1. The SMILES string of the molecule is COc1ccc(-c2[nH]nnc2-c2cc(OC)c(OC)c(OC)c2)cc1OP(=O)(O)O.[NaH]. The van der Waals surface area contributed by atoms with Crippen LogP contribution < -0.4 is 23.5 Å². The van der Waals surface area contributed by atoms with Gasteiger partial charge in [-0.1, -0.05) is 5.21 Å². The number of ether oxygens (including phenoxy) is 4. The molecule has 31 heavy (non-hydrogen) atoms. The Morgan fingerprint density at radius 2 is 1.42 bits per heavy atom. The van der Waals surface area contributed by atoms with Crippen LogP contribution in [0.4, 0.5) is 0 Å². The van der Waals surface area contributed by atoms with Crippen LogP contribution in [0.2, 0.25) is 0 Å². The van der Waals surface area contributed by atoms with Crippen LogP contribution in [0.5, 0.6) is 28.7 Å². The fourth-order valence-corrected chi connectivity index (χ4v) is 3.28. The number of nitrogens with one attached hydrogen (secondary N) is 1. The molecule has 0 aliphatic heterocycles. The summed E-state index contributed by atoms with van der Waals surface area (Å²) in [5.41, 5.74) is 2.04. The van der Waals surface area contributed by atoms with Crippen molar-refractivity contribution in [1.82, 2.24) is 15.4 Å². The van der Waals surface area contributed by atoms with Crippen molar-refractivity contribution in [3.05, 3.63) is 30.3 Å². The van der Waals surface area contributed by atoms with Gasteiger partial charge in [0.25, 0.3) is 0 Å². The van der Waals surface area contributed by atoms with Crippen molar-refractivity contribution in [3.8, 4) is 51.3 Å². The van der Waals surface area contributed by atoms with Crippen molar-refractivity contribution in [3.63, 3.8) is 0 Å². The van der Waals surface area contributed by atoms with Crippen molar-refractivity contribution in [2.24, 2.45) is 0 Å². The van der Waals surface area contributed by atoms with Crippen LogP contribution in [-0.4, -0.2) is 83.2 Å². The molecule has 0 amide bonds. The fraction of sp³-hybridized carbons (Fsp3) is 0.222. The molecular formula is C18H21N3NaO8P. The molecule has 2 aromatic carbocycles. The van der Waals surface area contributed by atoms with Crippen LogP contribution in [0, 0.1) is 0 Å². The molecule has 0 atom stereocenters. The number of H-pyrrole nitrogens is 1. The number of aromatic nitrogens is 3. The first-order valence-electron chi connectivity index (χ1n) is 8.46. The van der Waals surface area contributed by atoms with Crippen molar-refractivity contribution in [2.45, 2.75) is 0 Å². The first kappa shape index (κ1) is 25.0. The average molecular weight is 461 g/mol. The molecule has 13 heteroatoms. The van der Waals surface area contributed by atoms with E-state index in [4.69, 9.17) is 23.5 Å². The number of rotatable bonds is 8. The maximum absolute atomic E-state index is 11.3. The van der Waals surface area contributed by atoms with E-state index in [0.717, 1.165) is 0 Å². The fourth-order valence-electron chi connectivity index (χ4n) is 2.88. The van der Waals surface area contributed by atoms with Crippen LogP contribution in [-0.2, 0) is 4.57 Å². The third kappa shape index (κ3) is 5.51. The van der Waals surface area contributed by atoms with Gasteiger partial charge in [0, 0.05) is 11.1 Å². The Balaban J connectivity index is 0.00000341. The molecule has 0 aliphatic rings. The summed E-state index contributed by atoms with van der Waals surface area (Å²) in [6.07, 6.45) is 0. The molecule has 0 fully saturated rings. The molecule has 11 nitrogen and oxygen atoms in total. The van der Waals surface area contributed by atoms with Gasteiger partial charge in [0.1, 0.15) is 5.69 Å². The molecule has 0 saturated carbocycles. The molecule has 0 unspecified atom stereocenters. The summed E-state index contributed by atoms with van der Waals surface area (Å²) in [5.74, 6) is 1.32. The number of hydrogen-bond donors (Lipinski definition) is 3. The van der Waals surface area contributed by atoms with E-state index in [1.165, 1.54) is 40.6 Å². The summed E-state index contributed by atoms with van der Waals surface area (Å²) in [6, 6.07) is 8.01. The molecular weight excluding hydrogens is 440 g/mol. The summed E-state index contributed by atoms with van der Waals surface area (Å²) in [7, 11) is 1.07. The minimum absolute atomic E-state index is 0. The third-order valence-electron chi connectivity index (χ3n) is 4.16. The quantitative estimate of drug-likeness (QED) is 0.336. The van der Waals surface area contributed by atoms with Crippen molar-refractivity contribution >= 4 is 37.4 Å². The summed E-state index contributed by atoms with van der Waals surface area (Å²) in [5, 5.41) is 10.8. The summed E-state index contributed by atoms with van der Waals surface area (Å²) < 4.78 is 37.2. The average Bonchev–Trinajstić information content (AvgIpc) is 3.21. The van der Waals surface area contributed by atoms with Gasteiger partial charge in [-0.2, -0.15) is 0 Å². The van der Waals surface area contributed by atoms with Gasteiger partial charge in [0.2, 0.25) is 5.75 Å². The molecule has 3 N–H and O–H groups in total. The monoisotopic (exact) mass is 461 g/mol. The number of methoxy groups -OCH3 is 4. The van der Waals surface area contributed by atoms with E-state index < -0.39 is 7.82 Å². The van der Waals surface area contributed by atoms with Crippen LogP contribution in [0.3, 0.4) is 0 Å². The van der Waals surface area contributed by atoms with Crippen LogP contribution in [0.25, 0.3) is 22.5 Å². The predicted octanol–water partition coefficient (Wildman–Crippen LogP) is 2.00. The van der Waals surface area contributed by atoms with Gasteiger partial charge in [0.05, 0.1) is 34.1 Å². The predicted molar refractivity (Wildman–Crippen MR) is 113 cm³/mol. The number of benzene rings is 2. The standard InChI is InChI=1S/C18H20N3O8P.Na.H/c1-25-12-6-5-10(7-13(12)29-30(22,23)24)16-17(20-21-19-16)11-8-14(26-2)18(28-4)15(9-11)27-3;;/h5-9H,1-4H3,(H,19,20,21)(H2,22,23,24);;. The first-order chi connectivity index (χ1) is 14.3. The van der Waals surface area contributed by atoms with E-state index in [1.807, 2.05) is 0 Å². The Morgan fingerprint density at radius 1 is 0.839 bits per heavy atom. The molecule has 0 radical (unpaired) electrons. The summed E-state index contributed by atoms with van der Waals surface area (Å²) in [6.45, 7) is 0. The van der Waals surface area contributed by atoms with Gasteiger partial charge in [-0.3, -0.25) is 14.9 Å². The topological polar surface area (TPSA) is 145 Å². The molecule has 0 spiro atoms. The van der Waals surface area contributed by atoms with Crippen LogP contribution >= 0.6 is 7.82 Å². The molecule has 162 valence electrons. The van der Waals surface area contributed by atoms with Gasteiger partial charge < -0.3 is 23.5 Å². The number of phosphoric ester groups is 1. The molecule has 0 bridgehead atoms. The van der Waals surface area contributed by atoms with E-state index in [-0.39, 0.29) is 41.1 Å². The molecule has 1 aromatic heterocycles. The Morgan fingerprint density at radius 3 is 1.94 bits per heavy atom. The third-order valence-corrected chi connectivity index (χ3v) is 4.59. The normalized spacial score (nSPS) is 10.8. The zero-order valence-corrected chi connectivity index (χ0v) is 17.5. The van der Waals surface area contributed by atoms with E-state index in [0.29, 0.717) is 39.8 Å². The summed E-state index contributed by atoms with van der Waals surface area (Å²) in [4.78, 5) is 18.3. The Bertz CT molecular complexity index is 1080. The van der Waals surface area contributed by atoms with Gasteiger partial charge in [-0.15, -0.1) is 5.10 Å². The first-order valence-corrected chi connectivity index (χ1v) is 9.99. The van der Waals surface area contributed by atoms with Gasteiger partial charge in [0.15, 0.2) is 23.0 Å². The van der Waals surface area contributed by atoms with Crippen molar-refractivity contribution < 1.29 is 37.8 Å². The number of nitrogens with zero attached hydrogens (tertiary/aromatic N) is 2. The molecule has 0 aliphatic carbocycles. The van der Waals surface area contributed by atoms with Gasteiger partial charge >= 0.3 is 37.4 Å². The summed E-state index contributed by atoms with van der Waals surface area (Å²) >= 11 is 0. The zero-order chi connectivity index (χ0) is 21.9. The molecule has 3 aromatic rings. The zero-order valence-electron chi connectivity index (χ0n) is 16.6. The minimum atomic E-state index is -4.79. The second-order valence-corrected chi connectivity index (χ2v) is 7.06. The Kier molecular flexibility index (Phi) is 8.35. The van der Waals surface area contributed by atoms with E-state index in [1.54, 1.807) is 18.2 Å². The number of aromatic amines is 1. The van der Waals surface area contributed by atoms with E-state index in [9.17, 15) is 14.4 Å². The maximum atomic E-state index is 11.3. The van der Waals surface area contributed by atoms with Gasteiger partial charge in [-0.25, -0.2) is 4.57 Å². The van der Waals surface area contributed by atoms with Gasteiger partial charge in [-0.05, 0) is 30.3 Å². The molecule has 1 heterocycles. The van der Waals surface area contributed by atoms with E-state index >= 15 is 0 Å². The Labute approximate surface area is 200 Å². The second kappa shape index (κ2) is 10.4. The molecule has 3 rings (SSSR count). The molecule has 0 saturated heterocycles. The van der Waals surface area contributed by atoms with Crippen LogP contribution in [0.15, 0.2) is 30.3 Å². The number of hydrogen-bond acceptors (Lipinski definition) is 8. The second-order valence-electron chi connectivity index (χ2n) is 5.90. The van der Waals surface area contributed by atoms with Crippen molar-refractivity contribution in [1.29, 1.82) is 0 Å². The van der Waals surface area contributed by atoms with Crippen molar-refractivity contribution in [2.75, 3.05) is 28.4 Å². The Hall–Kier alpha value is -2.27. The van der Waals surface area contributed by atoms with Crippen LogP contribution in [0.1, 0.15) is 0 Å².